The maximum atomic E-state index is 13.2. The van der Waals surface area contributed by atoms with Gasteiger partial charge in [0.25, 0.3) is 0 Å². The molecule has 0 radical (unpaired) electrons. The molecule has 0 fully saturated rings. The summed E-state index contributed by atoms with van der Waals surface area (Å²) in [5, 5.41) is 3.32. The van der Waals surface area contributed by atoms with Crippen LogP contribution < -0.4 is 5.32 Å². The van der Waals surface area contributed by atoms with Gasteiger partial charge in [0.2, 0.25) is 0 Å². The van der Waals surface area contributed by atoms with Crippen LogP contribution in [0.5, 0.6) is 0 Å². The Balaban J connectivity index is 1.82. The number of hydrogen-bond acceptors (Lipinski definition) is 3. The predicted molar refractivity (Wildman–Crippen MR) is 74.8 cm³/mol. The van der Waals surface area contributed by atoms with Crippen molar-refractivity contribution in [3.8, 4) is 0 Å². The third kappa shape index (κ3) is 2.53. The summed E-state index contributed by atoms with van der Waals surface area (Å²) in [7, 11) is 0. The van der Waals surface area contributed by atoms with E-state index in [1.54, 1.807) is 12.1 Å². The third-order valence-corrected chi connectivity index (χ3v) is 4.20. The SMILES string of the molecule is Cc1ccc(F)cc1CNc1cccc2c1N=[Se]=N2. The van der Waals surface area contributed by atoms with Gasteiger partial charge < -0.3 is 0 Å². The van der Waals surface area contributed by atoms with Gasteiger partial charge in [-0.15, -0.1) is 0 Å². The first-order chi connectivity index (χ1) is 9.24. The van der Waals surface area contributed by atoms with Crippen LogP contribution in [0.3, 0.4) is 0 Å². The number of hydrogen-bond donors (Lipinski definition) is 1. The molecule has 0 spiro atoms. The molecule has 0 aromatic heterocycles. The molecule has 5 heteroatoms. The van der Waals surface area contributed by atoms with E-state index in [4.69, 9.17) is 0 Å². The fourth-order valence-corrected chi connectivity index (χ4v) is 3.12. The number of rotatable bonds is 3. The van der Waals surface area contributed by atoms with Crippen LogP contribution in [0.25, 0.3) is 0 Å². The van der Waals surface area contributed by atoms with E-state index in [1.165, 1.54) is 6.07 Å². The van der Waals surface area contributed by atoms with Crippen LogP contribution in [0.15, 0.2) is 44.3 Å². The molecule has 0 unspecified atom stereocenters. The van der Waals surface area contributed by atoms with Gasteiger partial charge in [-0.1, -0.05) is 0 Å². The summed E-state index contributed by atoms with van der Waals surface area (Å²) in [5.41, 5.74) is 4.87. The van der Waals surface area contributed by atoms with E-state index in [1.807, 2.05) is 25.1 Å². The number of nitrogens with one attached hydrogen (secondary N) is 1. The van der Waals surface area contributed by atoms with Crippen LogP contribution in [0.1, 0.15) is 11.1 Å². The number of nitrogens with zero attached hydrogens (tertiary/aromatic N) is 2. The molecule has 0 saturated carbocycles. The van der Waals surface area contributed by atoms with E-state index in [9.17, 15) is 4.39 Å². The number of fused-ring (bicyclic) bond motifs is 1. The van der Waals surface area contributed by atoms with Crippen molar-refractivity contribution in [1.82, 2.24) is 0 Å². The van der Waals surface area contributed by atoms with Crippen molar-refractivity contribution in [2.75, 3.05) is 5.32 Å². The second kappa shape index (κ2) is 5.11. The zero-order valence-electron chi connectivity index (χ0n) is 10.4. The molecule has 3 nitrogen and oxygen atoms in total. The van der Waals surface area contributed by atoms with E-state index in [2.05, 4.69) is 13.2 Å². The molecule has 2 aromatic carbocycles. The van der Waals surface area contributed by atoms with Gasteiger partial charge in [0.15, 0.2) is 0 Å². The van der Waals surface area contributed by atoms with Gasteiger partial charge in [0.05, 0.1) is 0 Å². The molecule has 0 aliphatic carbocycles. The minimum atomic E-state index is -0.205. The Morgan fingerprint density at radius 2 is 2.11 bits per heavy atom. The van der Waals surface area contributed by atoms with Crippen LogP contribution in [-0.4, -0.2) is 14.6 Å². The van der Waals surface area contributed by atoms with Gasteiger partial charge in [0.1, 0.15) is 0 Å². The van der Waals surface area contributed by atoms with Crippen molar-refractivity contribution in [1.29, 1.82) is 0 Å². The molecule has 0 bridgehead atoms. The normalized spacial score (nSPS) is 12.1. The molecule has 96 valence electrons. The van der Waals surface area contributed by atoms with Crippen molar-refractivity contribution in [2.24, 2.45) is 7.92 Å². The monoisotopic (exact) mass is 321 g/mol. The number of halogens is 1. The van der Waals surface area contributed by atoms with Crippen molar-refractivity contribution >= 4 is 31.6 Å². The summed E-state index contributed by atoms with van der Waals surface area (Å²) in [5.74, 6) is -0.205. The van der Waals surface area contributed by atoms with Gasteiger partial charge in [0, 0.05) is 0 Å². The van der Waals surface area contributed by atoms with Crippen molar-refractivity contribution in [3.63, 3.8) is 0 Å². The number of aryl methyl sites for hydroxylation is 1. The third-order valence-electron chi connectivity index (χ3n) is 3.07. The average Bonchev–Trinajstić information content (AvgIpc) is 2.88. The quantitative estimate of drug-likeness (QED) is 0.725. The van der Waals surface area contributed by atoms with Crippen molar-refractivity contribution in [3.05, 3.63) is 53.3 Å². The van der Waals surface area contributed by atoms with Crippen molar-refractivity contribution in [2.45, 2.75) is 13.5 Å². The Morgan fingerprint density at radius 3 is 3.00 bits per heavy atom. The first-order valence-electron chi connectivity index (χ1n) is 5.94. The van der Waals surface area contributed by atoms with Crippen LogP contribution in [0.2, 0.25) is 0 Å². The van der Waals surface area contributed by atoms with Gasteiger partial charge in [-0.05, 0) is 0 Å². The standard InChI is InChI=1S/C14H12FN3Se/c1-9-5-6-11(15)7-10(9)8-16-12-3-2-4-13-14(12)18-19-17-13/h2-7,16H,8H2,1H3. The summed E-state index contributed by atoms with van der Waals surface area (Å²) < 4.78 is 22.0. The molecule has 0 atom stereocenters. The summed E-state index contributed by atoms with van der Waals surface area (Å²) in [6.45, 7) is 2.57. The Bertz CT molecular complexity index is 706. The molecular weight excluding hydrogens is 308 g/mol. The van der Waals surface area contributed by atoms with Crippen LogP contribution in [0, 0.1) is 12.7 Å². The zero-order chi connectivity index (χ0) is 13.2. The summed E-state index contributed by atoms with van der Waals surface area (Å²) >= 11 is -0.0328. The predicted octanol–water partition coefficient (Wildman–Crippen LogP) is 4.09. The van der Waals surface area contributed by atoms with E-state index in [-0.39, 0.29) is 20.4 Å². The second-order valence-electron chi connectivity index (χ2n) is 4.36. The summed E-state index contributed by atoms with van der Waals surface area (Å²) in [6, 6.07) is 10.7. The Hall–Kier alpha value is -1.71. The second-order valence-corrected chi connectivity index (χ2v) is 5.47. The van der Waals surface area contributed by atoms with Gasteiger partial charge >= 0.3 is 116 Å². The molecule has 3 rings (SSSR count). The molecular formula is C14H12FN3Se. The van der Waals surface area contributed by atoms with E-state index in [0.29, 0.717) is 6.54 Å². The van der Waals surface area contributed by atoms with Gasteiger partial charge in [-0.25, -0.2) is 0 Å². The summed E-state index contributed by atoms with van der Waals surface area (Å²) in [6.07, 6.45) is 0. The Labute approximate surface area is 116 Å². The Kier molecular flexibility index (Phi) is 3.32. The molecule has 1 N–H and O–H groups in total. The minimum absolute atomic E-state index is 0.0328. The average molecular weight is 320 g/mol. The summed E-state index contributed by atoms with van der Waals surface area (Å²) in [4.78, 5) is 0. The first kappa shape index (κ1) is 12.3. The van der Waals surface area contributed by atoms with Gasteiger partial charge in [-0.3, -0.25) is 0 Å². The molecule has 0 amide bonds. The molecule has 19 heavy (non-hydrogen) atoms. The zero-order valence-corrected chi connectivity index (χ0v) is 12.1. The fraction of sp³-hybridized carbons (Fsp3) is 0.143. The van der Waals surface area contributed by atoms with Crippen LogP contribution in [-0.2, 0) is 6.54 Å². The van der Waals surface area contributed by atoms with Crippen molar-refractivity contribution < 1.29 is 4.39 Å². The molecule has 1 heterocycles. The number of benzene rings is 2. The topological polar surface area (TPSA) is 36.8 Å². The van der Waals surface area contributed by atoms with Crippen LogP contribution >= 0.6 is 0 Å². The maximum absolute atomic E-state index is 13.2. The Morgan fingerprint density at radius 1 is 1.21 bits per heavy atom. The first-order valence-corrected chi connectivity index (χ1v) is 7.47. The molecule has 1 aliphatic heterocycles. The molecule has 1 aliphatic rings. The van der Waals surface area contributed by atoms with Crippen LogP contribution in [0.4, 0.5) is 21.5 Å². The molecule has 2 aromatic rings. The number of anilines is 1. The van der Waals surface area contributed by atoms with E-state index in [0.717, 1.165) is 28.2 Å². The van der Waals surface area contributed by atoms with Gasteiger partial charge in [-0.2, -0.15) is 0 Å². The van der Waals surface area contributed by atoms with E-state index < -0.39 is 0 Å². The molecule has 0 saturated heterocycles. The fourth-order valence-electron chi connectivity index (χ4n) is 1.97. The van der Waals surface area contributed by atoms with E-state index >= 15 is 0 Å².